The topological polar surface area (TPSA) is 0 Å². The number of hydrogen-bond donors (Lipinski definition) is 0. The maximum Gasteiger partial charge on any atom is 0.127 e. The molecule has 0 N–H and O–H groups in total. The van der Waals surface area contributed by atoms with Gasteiger partial charge in [0.25, 0.3) is 0 Å². The van der Waals surface area contributed by atoms with Crippen LogP contribution >= 0.6 is 31.9 Å². The molecule has 1 aromatic carbocycles. The number of halogens is 3. The van der Waals surface area contributed by atoms with Crippen molar-refractivity contribution in [3.63, 3.8) is 0 Å². The number of rotatable bonds is 9. The number of unbranched alkanes of at least 4 members (excludes halogenated alkanes) is 4. The van der Waals surface area contributed by atoms with E-state index in [2.05, 4.69) is 38.8 Å². The largest absolute Gasteiger partial charge is 0.207 e. The van der Waals surface area contributed by atoms with Gasteiger partial charge in [0.15, 0.2) is 0 Å². The molecular weight excluding hydrogens is 371 g/mol. The third kappa shape index (κ3) is 4.86. The first kappa shape index (κ1) is 17.2. The molecule has 0 aliphatic carbocycles. The Bertz CT molecular complexity index is 362. The number of hydrogen-bond acceptors (Lipinski definition) is 0. The molecule has 108 valence electrons. The summed E-state index contributed by atoms with van der Waals surface area (Å²) in [4.78, 5) is 0. The van der Waals surface area contributed by atoms with Crippen LogP contribution in [0.15, 0.2) is 24.3 Å². The Morgan fingerprint density at radius 2 is 1.63 bits per heavy atom. The first-order chi connectivity index (χ1) is 9.20. The van der Waals surface area contributed by atoms with Gasteiger partial charge in [0, 0.05) is 16.1 Å². The molecule has 0 aromatic heterocycles. The van der Waals surface area contributed by atoms with Gasteiger partial charge in [-0.15, -0.1) is 0 Å². The molecule has 0 nitrogen and oxygen atoms in total. The highest BCUT2D eigenvalue weighted by molar-refractivity contribution is 9.09. The van der Waals surface area contributed by atoms with Crippen LogP contribution in [0.25, 0.3) is 0 Å². The lowest BCUT2D eigenvalue weighted by Crippen LogP contribution is -2.31. The number of benzene rings is 1. The fourth-order valence-corrected chi connectivity index (χ4v) is 4.50. The normalized spacial score (nSPS) is 11.8. The van der Waals surface area contributed by atoms with Crippen molar-refractivity contribution in [2.45, 2.75) is 50.9 Å². The zero-order valence-electron chi connectivity index (χ0n) is 11.6. The van der Waals surface area contributed by atoms with Gasteiger partial charge < -0.3 is 0 Å². The maximum absolute atomic E-state index is 14.0. The fourth-order valence-electron chi connectivity index (χ4n) is 2.41. The number of alkyl halides is 2. The second-order valence-corrected chi connectivity index (χ2v) is 6.31. The first-order valence-corrected chi connectivity index (χ1v) is 9.31. The Balaban J connectivity index is 2.71. The molecule has 1 aromatic rings. The van der Waals surface area contributed by atoms with E-state index >= 15 is 0 Å². The van der Waals surface area contributed by atoms with Crippen LogP contribution < -0.4 is 0 Å². The van der Waals surface area contributed by atoms with Crippen LogP contribution in [0, 0.1) is 5.82 Å². The van der Waals surface area contributed by atoms with E-state index in [9.17, 15) is 4.39 Å². The molecule has 0 bridgehead atoms. The monoisotopic (exact) mass is 392 g/mol. The summed E-state index contributed by atoms with van der Waals surface area (Å²) in [7, 11) is 0. The van der Waals surface area contributed by atoms with Crippen molar-refractivity contribution < 1.29 is 4.39 Å². The Kier molecular flexibility index (Phi) is 8.24. The minimum absolute atomic E-state index is 0.0880. The molecule has 0 heterocycles. The summed E-state index contributed by atoms with van der Waals surface area (Å²) >= 11 is 7.18. The Hall–Kier alpha value is 0.110. The van der Waals surface area contributed by atoms with Crippen molar-refractivity contribution in [1.82, 2.24) is 0 Å². The molecule has 0 atom stereocenters. The van der Waals surface area contributed by atoms with Crippen LogP contribution in [0.3, 0.4) is 0 Å². The van der Waals surface area contributed by atoms with E-state index in [0.717, 1.165) is 29.1 Å². The molecule has 0 amide bonds. The van der Waals surface area contributed by atoms with Crippen LogP contribution in [0.4, 0.5) is 4.39 Å². The van der Waals surface area contributed by atoms with Gasteiger partial charge in [-0.05, 0) is 18.1 Å². The molecule has 0 fully saturated rings. The summed E-state index contributed by atoms with van der Waals surface area (Å²) < 4.78 is 14.0. The van der Waals surface area contributed by atoms with Gasteiger partial charge in [-0.2, -0.15) is 0 Å². The van der Waals surface area contributed by atoms with Crippen molar-refractivity contribution in [1.29, 1.82) is 0 Å². The standard InChI is InChI=1S/C16H23Br2F/c1-2-3-4-5-8-11-16(12-17,13-18)14-9-6-7-10-15(14)19/h6-7,9-10H,2-5,8,11-13H2,1H3. The van der Waals surface area contributed by atoms with Crippen LogP contribution in [-0.2, 0) is 5.41 Å². The van der Waals surface area contributed by atoms with Gasteiger partial charge in [0.05, 0.1) is 0 Å². The Labute approximate surface area is 133 Å². The van der Waals surface area contributed by atoms with E-state index < -0.39 is 0 Å². The molecule has 0 aliphatic rings. The predicted octanol–water partition coefficient (Wildman–Crippen LogP) is 6.21. The summed E-state index contributed by atoms with van der Waals surface area (Å²) in [6.07, 6.45) is 7.27. The molecule has 0 aliphatic heterocycles. The van der Waals surface area contributed by atoms with E-state index in [4.69, 9.17) is 0 Å². The smallest absolute Gasteiger partial charge is 0.127 e. The lowest BCUT2D eigenvalue weighted by molar-refractivity contribution is 0.441. The van der Waals surface area contributed by atoms with Gasteiger partial charge >= 0.3 is 0 Å². The molecule has 3 heteroatoms. The average Bonchev–Trinajstić information content (AvgIpc) is 2.44. The van der Waals surface area contributed by atoms with Gasteiger partial charge in [-0.1, -0.05) is 89.1 Å². The van der Waals surface area contributed by atoms with Crippen LogP contribution in [0.1, 0.15) is 51.0 Å². The molecule has 0 saturated heterocycles. The zero-order chi connectivity index (χ0) is 14.1. The fraction of sp³-hybridized carbons (Fsp3) is 0.625. The third-order valence-corrected chi connectivity index (χ3v) is 5.86. The minimum Gasteiger partial charge on any atom is -0.207 e. The second kappa shape index (κ2) is 9.12. The third-order valence-electron chi connectivity index (χ3n) is 3.72. The van der Waals surface area contributed by atoms with Crippen LogP contribution in [0.2, 0.25) is 0 Å². The Morgan fingerprint density at radius 3 is 2.21 bits per heavy atom. The predicted molar refractivity (Wildman–Crippen MR) is 89.0 cm³/mol. The van der Waals surface area contributed by atoms with E-state index in [1.54, 1.807) is 12.1 Å². The van der Waals surface area contributed by atoms with Crippen molar-refractivity contribution in [3.05, 3.63) is 35.6 Å². The SMILES string of the molecule is CCCCCCCC(CBr)(CBr)c1ccccc1F. The molecule has 1 rings (SSSR count). The highest BCUT2D eigenvalue weighted by atomic mass is 79.9. The van der Waals surface area contributed by atoms with Crippen LogP contribution in [-0.4, -0.2) is 10.7 Å². The summed E-state index contributed by atoms with van der Waals surface area (Å²) in [5, 5.41) is 1.58. The van der Waals surface area contributed by atoms with Crippen molar-refractivity contribution in [2.24, 2.45) is 0 Å². The van der Waals surface area contributed by atoms with Crippen molar-refractivity contribution >= 4 is 31.9 Å². The van der Waals surface area contributed by atoms with Gasteiger partial charge in [-0.25, -0.2) is 4.39 Å². The quantitative estimate of drug-likeness (QED) is 0.345. The lowest BCUT2D eigenvalue weighted by atomic mass is 9.79. The zero-order valence-corrected chi connectivity index (χ0v) is 14.8. The molecule has 0 unspecified atom stereocenters. The summed E-state index contributed by atoms with van der Waals surface area (Å²) in [5.74, 6) is -0.0880. The van der Waals surface area contributed by atoms with Crippen molar-refractivity contribution in [2.75, 3.05) is 10.7 Å². The molecular formula is C16H23Br2F. The molecule has 19 heavy (non-hydrogen) atoms. The van der Waals surface area contributed by atoms with E-state index in [1.807, 2.05) is 12.1 Å². The van der Waals surface area contributed by atoms with Gasteiger partial charge in [0.1, 0.15) is 5.82 Å². The molecule has 0 saturated carbocycles. The first-order valence-electron chi connectivity index (χ1n) is 7.07. The lowest BCUT2D eigenvalue weighted by Gasteiger charge is -2.31. The van der Waals surface area contributed by atoms with Crippen LogP contribution in [0.5, 0.6) is 0 Å². The van der Waals surface area contributed by atoms with Gasteiger partial charge in [-0.3, -0.25) is 0 Å². The summed E-state index contributed by atoms with van der Waals surface area (Å²) in [6, 6.07) is 7.17. The highest BCUT2D eigenvalue weighted by Gasteiger charge is 2.31. The Morgan fingerprint density at radius 1 is 1.00 bits per heavy atom. The van der Waals surface area contributed by atoms with E-state index in [0.29, 0.717) is 0 Å². The summed E-state index contributed by atoms with van der Waals surface area (Å²) in [5.41, 5.74) is 0.705. The maximum atomic E-state index is 14.0. The average molecular weight is 394 g/mol. The summed E-state index contributed by atoms with van der Waals surface area (Å²) in [6.45, 7) is 2.22. The van der Waals surface area contributed by atoms with E-state index in [-0.39, 0.29) is 11.2 Å². The molecule has 0 radical (unpaired) electrons. The van der Waals surface area contributed by atoms with Crippen molar-refractivity contribution in [3.8, 4) is 0 Å². The van der Waals surface area contributed by atoms with Gasteiger partial charge in [0.2, 0.25) is 0 Å². The second-order valence-electron chi connectivity index (χ2n) is 5.19. The van der Waals surface area contributed by atoms with E-state index in [1.165, 1.54) is 25.7 Å². The minimum atomic E-state index is -0.127. The highest BCUT2D eigenvalue weighted by Crippen LogP contribution is 2.35. The molecule has 0 spiro atoms.